The third-order valence-electron chi connectivity index (χ3n) is 3.08. The molecule has 1 aromatic heterocycles. The van der Waals surface area contributed by atoms with E-state index in [2.05, 4.69) is 22.6 Å². The molecule has 2 aromatic carbocycles. The fraction of sp³-hybridized carbons (Fsp3) is 0.0625. The summed E-state index contributed by atoms with van der Waals surface area (Å²) in [5.41, 5.74) is 2.39. The summed E-state index contributed by atoms with van der Waals surface area (Å²) < 4.78 is 6.53. The molecule has 0 aliphatic carbocycles. The summed E-state index contributed by atoms with van der Waals surface area (Å²) in [6.45, 7) is 2.01. The van der Waals surface area contributed by atoms with Gasteiger partial charge in [0.1, 0.15) is 5.58 Å². The molecule has 0 unspecified atom stereocenters. The highest BCUT2D eigenvalue weighted by Crippen LogP contribution is 2.25. The van der Waals surface area contributed by atoms with Gasteiger partial charge in [-0.15, -0.1) is 0 Å². The zero-order valence-corrected chi connectivity index (χ0v) is 13.5. The zero-order valence-electron chi connectivity index (χ0n) is 10.6. The van der Waals surface area contributed by atoms with E-state index >= 15 is 0 Å². The Labute approximate surface area is 134 Å². The molecule has 0 bridgehead atoms. The van der Waals surface area contributed by atoms with Crippen molar-refractivity contribution in [1.29, 1.82) is 0 Å². The van der Waals surface area contributed by atoms with Crippen molar-refractivity contribution in [2.24, 2.45) is 0 Å². The Morgan fingerprint density at radius 2 is 1.95 bits per heavy atom. The number of furan rings is 1. The Hall–Kier alpha value is -1.33. The van der Waals surface area contributed by atoms with Gasteiger partial charge in [-0.1, -0.05) is 23.2 Å². The predicted molar refractivity (Wildman–Crippen MR) is 88.6 cm³/mol. The number of rotatable bonds is 2. The van der Waals surface area contributed by atoms with E-state index in [4.69, 9.17) is 16.0 Å². The number of hydrogen-bond donors (Lipinski definition) is 0. The van der Waals surface area contributed by atoms with Crippen LogP contribution in [-0.4, -0.2) is 5.78 Å². The van der Waals surface area contributed by atoms with Gasteiger partial charge in [-0.05, 0) is 65.9 Å². The fourth-order valence-corrected chi connectivity index (χ4v) is 2.57. The lowest BCUT2D eigenvalue weighted by molar-refractivity contribution is 0.101. The summed E-state index contributed by atoms with van der Waals surface area (Å²) in [6, 6.07) is 12.9. The van der Waals surface area contributed by atoms with E-state index in [1.807, 2.05) is 31.2 Å². The van der Waals surface area contributed by atoms with Crippen LogP contribution in [0.5, 0.6) is 0 Å². The molecule has 0 saturated carbocycles. The Bertz CT molecular complexity index is 820. The number of carbonyl (C=O) groups excluding carboxylic acids is 1. The Morgan fingerprint density at radius 3 is 2.70 bits per heavy atom. The van der Waals surface area contributed by atoms with E-state index in [0.717, 1.165) is 20.1 Å². The molecular formula is C16H10ClIO2. The summed E-state index contributed by atoms with van der Waals surface area (Å²) in [6.07, 6.45) is 0. The molecule has 1 heterocycles. The molecule has 3 rings (SSSR count). The van der Waals surface area contributed by atoms with Gasteiger partial charge in [0.25, 0.3) is 0 Å². The molecule has 0 amide bonds. The minimum absolute atomic E-state index is 0.155. The zero-order chi connectivity index (χ0) is 14.3. The molecule has 0 atom stereocenters. The largest absolute Gasteiger partial charge is 0.453 e. The average molecular weight is 397 g/mol. The lowest BCUT2D eigenvalue weighted by Crippen LogP contribution is -1.99. The summed E-state index contributed by atoms with van der Waals surface area (Å²) in [5.74, 6) is 0.181. The molecule has 0 aliphatic heterocycles. The van der Waals surface area contributed by atoms with Crippen LogP contribution >= 0.6 is 34.2 Å². The molecule has 0 radical (unpaired) electrons. The predicted octanol–water partition coefficient (Wildman–Crippen LogP) is 5.23. The Balaban J connectivity index is 2.05. The number of hydrogen-bond acceptors (Lipinski definition) is 2. The third-order valence-corrected chi connectivity index (χ3v) is 4.65. The number of halogens is 2. The van der Waals surface area contributed by atoms with Crippen LogP contribution < -0.4 is 0 Å². The number of carbonyl (C=O) groups is 1. The van der Waals surface area contributed by atoms with E-state index in [0.29, 0.717) is 16.3 Å². The molecule has 2 nitrogen and oxygen atoms in total. The SMILES string of the molecule is Cc1ccc2oc(C(=O)c3ccc(I)c(Cl)c3)cc2c1. The van der Waals surface area contributed by atoms with Crippen molar-refractivity contribution in [3.05, 3.63) is 67.9 Å². The van der Waals surface area contributed by atoms with E-state index < -0.39 is 0 Å². The van der Waals surface area contributed by atoms with Gasteiger partial charge in [0, 0.05) is 14.5 Å². The van der Waals surface area contributed by atoms with Crippen molar-refractivity contribution < 1.29 is 9.21 Å². The van der Waals surface area contributed by atoms with Gasteiger partial charge in [-0.25, -0.2) is 0 Å². The monoisotopic (exact) mass is 396 g/mol. The van der Waals surface area contributed by atoms with Gasteiger partial charge < -0.3 is 4.42 Å². The first kappa shape index (κ1) is 13.6. The highest BCUT2D eigenvalue weighted by atomic mass is 127. The molecule has 0 spiro atoms. The van der Waals surface area contributed by atoms with Crippen LogP contribution in [0.15, 0.2) is 46.9 Å². The molecule has 100 valence electrons. The molecular weight excluding hydrogens is 387 g/mol. The second-order valence-corrected chi connectivity index (χ2v) is 6.18. The lowest BCUT2D eigenvalue weighted by atomic mass is 10.1. The van der Waals surface area contributed by atoms with Crippen LogP contribution in [0.3, 0.4) is 0 Å². The van der Waals surface area contributed by atoms with Crippen LogP contribution in [0, 0.1) is 10.5 Å². The number of aryl methyl sites for hydroxylation is 1. The second kappa shape index (κ2) is 5.22. The van der Waals surface area contributed by atoms with E-state index in [9.17, 15) is 4.79 Å². The average Bonchev–Trinajstić information content (AvgIpc) is 2.84. The van der Waals surface area contributed by atoms with Crippen LogP contribution in [0.1, 0.15) is 21.7 Å². The number of benzene rings is 2. The van der Waals surface area contributed by atoms with Crippen LogP contribution in [0.4, 0.5) is 0 Å². The topological polar surface area (TPSA) is 30.2 Å². The van der Waals surface area contributed by atoms with Gasteiger partial charge in [0.15, 0.2) is 5.76 Å². The van der Waals surface area contributed by atoms with Gasteiger partial charge >= 0.3 is 0 Å². The molecule has 3 aromatic rings. The van der Waals surface area contributed by atoms with Crippen LogP contribution in [0.2, 0.25) is 5.02 Å². The van der Waals surface area contributed by atoms with Crippen LogP contribution in [-0.2, 0) is 0 Å². The first-order valence-electron chi connectivity index (χ1n) is 6.04. The molecule has 0 saturated heterocycles. The summed E-state index contributed by atoms with van der Waals surface area (Å²) in [7, 11) is 0. The Kier molecular flexibility index (Phi) is 3.56. The summed E-state index contributed by atoms with van der Waals surface area (Å²) in [5, 5.41) is 1.51. The molecule has 0 aliphatic rings. The summed E-state index contributed by atoms with van der Waals surface area (Å²) in [4.78, 5) is 12.4. The minimum atomic E-state index is -0.155. The van der Waals surface area contributed by atoms with Crippen molar-refractivity contribution in [3.63, 3.8) is 0 Å². The lowest BCUT2D eigenvalue weighted by Gasteiger charge is -2.00. The van der Waals surface area contributed by atoms with Crippen molar-refractivity contribution in [3.8, 4) is 0 Å². The highest BCUT2D eigenvalue weighted by molar-refractivity contribution is 14.1. The van der Waals surface area contributed by atoms with Crippen molar-refractivity contribution in [1.82, 2.24) is 0 Å². The molecule has 0 N–H and O–H groups in total. The fourth-order valence-electron chi connectivity index (χ4n) is 2.05. The first-order chi connectivity index (χ1) is 9.54. The van der Waals surface area contributed by atoms with E-state index in [1.54, 1.807) is 18.2 Å². The second-order valence-electron chi connectivity index (χ2n) is 4.61. The molecule has 4 heteroatoms. The molecule has 20 heavy (non-hydrogen) atoms. The van der Waals surface area contributed by atoms with Gasteiger partial charge in [0.2, 0.25) is 5.78 Å². The maximum atomic E-state index is 12.4. The third kappa shape index (κ3) is 2.47. The van der Waals surface area contributed by atoms with Crippen LogP contribution in [0.25, 0.3) is 11.0 Å². The maximum absolute atomic E-state index is 12.4. The van der Waals surface area contributed by atoms with Crippen molar-refractivity contribution in [2.75, 3.05) is 0 Å². The quantitative estimate of drug-likeness (QED) is 0.438. The van der Waals surface area contributed by atoms with E-state index in [1.165, 1.54) is 0 Å². The van der Waals surface area contributed by atoms with E-state index in [-0.39, 0.29) is 5.78 Å². The number of ketones is 1. The smallest absolute Gasteiger partial charge is 0.228 e. The first-order valence-corrected chi connectivity index (χ1v) is 7.50. The van der Waals surface area contributed by atoms with Gasteiger partial charge in [-0.2, -0.15) is 0 Å². The minimum Gasteiger partial charge on any atom is -0.453 e. The maximum Gasteiger partial charge on any atom is 0.228 e. The van der Waals surface area contributed by atoms with Gasteiger partial charge in [-0.3, -0.25) is 4.79 Å². The number of fused-ring (bicyclic) bond motifs is 1. The molecule has 0 fully saturated rings. The standard InChI is InChI=1S/C16H10ClIO2/c1-9-2-5-14-11(6-9)8-15(20-14)16(19)10-3-4-13(18)12(17)7-10/h2-8H,1H3. The van der Waals surface area contributed by atoms with Crippen molar-refractivity contribution >= 4 is 50.9 Å². The highest BCUT2D eigenvalue weighted by Gasteiger charge is 2.15. The van der Waals surface area contributed by atoms with Gasteiger partial charge in [0.05, 0.1) is 5.02 Å². The summed E-state index contributed by atoms with van der Waals surface area (Å²) >= 11 is 8.18. The Morgan fingerprint density at radius 1 is 1.15 bits per heavy atom. The normalized spacial score (nSPS) is 10.9. The van der Waals surface area contributed by atoms with Crippen molar-refractivity contribution in [2.45, 2.75) is 6.92 Å².